The first-order chi connectivity index (χ1) is 11.4. The van der Waals surface area contributed by atoms with E-state index in [-0.39, 0.29) is 6.54 Å². The van der Waals surface area contributed by atoms with Crippen LogP contribution in [0.1, 0.15) is 46.8 Å². The van der Waals surface area contributed by atoms with Gasteiger partial charge in [0.15, 0.2) is 5.75 Å². The summed E-state index contributed by atoms with van der Waals surface area (Å²) in [6, 6.07) is 5.85. The minimum atomic E-state index is -0.920. The van der Waals surface area contributed by atoms with E-state index < -0.39 is 5.97 Å². The van der Waals surface area contributed by atoms with Crippen molar-refractivity contribution in [1.82, 2.24) is 9.78 Å². The molecule has 0 aliphatic heterocycles. The SMILES string of the molecule is Cc1cc(Oc2c(C)nn(CC(=O)O)c2C2CC2)cc(C)c1C#N. The van der Waals surface area contributed by atoms with E-state index in [0.717, 1.165) is 29.7 Å². The first kappa shape index (κ1) is 16.1. The second-order valence-electron chi connectivity index (χ2n) is 6.27. The molecular weight excluding hydrogens is 306 g/mol. The fraction of sp³-hybridized carbons (Fsp3) is 0.389. The Labute approximate surface area is 140 Å². The summed E-state index contributed by atoms with van der Waals surface area (Å²) in [5, 5.41) is 22.6. The first-order valence-electron chi connectivity index (χ1n) is 7.89. The van der Waals surface area contributed by atoms with Crippen molar-refractivity contribution in [3.8, 4) is 17.6 Å². The van der Waals surface area contributed by atoms with Crippen LogP contribution in [0.3, 0.4) is 0 Å². The Morgan fingerprint density at radius 2 is 2.00 bits per heavy atom. The molecular formula is C18H19N3O3. The van der Waals surface area contributed by atoms with Gasteiger partial charge >= 0.3 is 5.97 Å². The third kappa shape index (κ3) is 2.98. The third-order valence-corrected chi connectivity index (χ3v) is 4.20. The Morgan fingerprint density at radius 3 is 2.50 bits per heavy atom. The van der Waals surface area contributed by atoms with Crippen LogP contribution in [0.25, 0.3) is 0 Å². The fourth-order valence-corrected chi connectivity index (χ4v) is 2.99. The zero-order valence-corrected chi connectivity index (χ0v) is 14.0. The standard InChI is InChI=1S/C18H19N3O3/c1-10-6-14(7-11(2)15(10)8-19)24-18-12(3)20-21(9-16(22)23)17(18)13-4-5-13/h6-7,13H,4-5,9H2,1-3H3,(H,22,23). The van der Waals surface area contributed by atoms with Crippen LogP contribution in [0.15, 0.2) is 12.1 Å². The molecule has 1 aromatic heterocycles. The van der Waals surface area contributed by atoms with Gasteiger partial charge in [-0.15, -0.1) is 0 Å². The van der Waals surface area contributed by atoms with E-state index in [4.69, 9.17) is 9.84 Å². The maximum Gasteiger partial charge on any atom is 0.325 e. The molecule has 2 aromatic rings. The zero-order valence-electron chi connectivity index (χ0n) is 14.0. The molecule has 3 rings (SSSR count). The number of nitrogens with zero attached hydrogens (tertiary/aromatic N) is 3. The molecule has 1 aromatic carbocycles. The largest absolute Gasteiger partial charge is 0.480 e. The van der Waals surface area contributed by atoms with Gasteiger partial charge < -0.3 is 9.84 Å². The second-order valence-corrected chi connectivity index (χ2v) is 6.27. The molecule has 1 aliphatic carbocycles. The Bertz CT molecular complexity index is 834. The molecule has 1 aliphatic rings. The van der Waals surface area contributed by atoms with Gasteiger partial charge in [0.25, 0.3) is 0 Å². The molecule has 1 saturated carbocycles. The van der Waals surface area contributed by atoms with Gasteiger partial charge in [0.2, 0.25) is 0 Å². The molecule has 0 bridgehead atoms. The average Bonchev–Trinajstić information content (AvgIpc) is 3.26. The maximum absolute atomic E-state index is 11.1. The second kappa shape index (κ2) is 6.00. The summed E-state index contributed by atoms with van der Waals surface area (Å²) in [6.07, 6.45) is 2.04. The van der Waals surface area contributed by atoms with Crippen molar-refractivity contribution in [2.45, 2.75) is 46.1 Å². The quantitative estimate of drug-likeness (QED) is 0.909. The number of ether oxygens (including phenoxy) is 1. The van der Waals surface area contributed by atoms with Gasteiger partial charge in [-0.05, 0) is 56.9 Å². The lowest BCUT2D eigenvalue weighted by Crippen LogP contribution is -2.12. The van der Waals surface area contributed by atoms with Crippen molar-refractivity contribution in [2.24, 2.45) is 0 Å². The maximum atomic E-state index is 11.1. The molecule has 0 unspecified atom stereocenters. The van der Waals surface area contributed by atoms with Crippen LogP contribution in [0.4, 0.5) is 0 Å². The molecule has 24 heavy (non-hydrogen) atoms. The van der Waals surface area contributed by atoms with E-state index in [2.05, 4.69) is 11.2 Å². The van der Waals surface area contributed by atoms with Crippen LogP contribution in [0, 0.1) is 32.1 Å². The molecule has 1 N–H and O–H groups in total. The number of aromatic nitrogens is 2. The highest BCUT2D eigenvalue weighted by molar-refractivity contribution is 5.66. The lowest BCUT2D eigenvalue weighted by atomic mass is 10.0. The van der Waals surface area contributed by atoms with E-state index in [1.165, 1.54) is 4.68 Å². The Balaban J connectivity index is 2.00. The van der Waals surface area contributed by atoms with Gasteiger partial charge in [-0.3, -0.25) is 9.48 Å². The summed E-state index contributed by atoms with van der Waals surface area (Å²) < 4.78 is 7.62. The van der Waals surface area contributed by atoms with Crippen LogP contribution in [0.5, 0.6) is 11.5 Å². The van der Waals surface area contributed by atoms with Crippen LogP contribution < -0.4 is 4.74 Å². The summed E-state index contributed by atoms with van der Waals surface area (Å²) in [5.41, 5.74) is 3.91. The lowest BCUT2D eigenvalue weighted by molar-refractivity contribution is -0.137. The number of rotatable bonds is 5. The highest BCUT2D eigenvalue weighted by Gasteiger charge is 2.33. The van der Waals surface area contributed by atoms with Crippen molar-refractivity contribution >= 4 is 5.97 Å². The summed E-state index contributed by atoms with van der Waals surface area (Å²) in [5.74, 6) is 0.670. The molecule has 124 valence electrons. The molecule has 1 heterocycles. The zero-order chi connectivity index (χ0) is 17.4. The minimum Gasteiger partial charge on any atom is -0.480 e. The monoisotopic (exact) mass is 325 g/mol. The lowest BCUT2D eigenvalue weighted by Gasteiger charge is -2.11. The fourth-order valence-electron chi connectivity index (χ4n) is 2.99. The van der Waals surface area contributed by atoms with Gasteiger partial charge in [-0.1, -0.05) is 0 Å². The molecule has 0 radical (unpaired) electrons. The molecule has 0 amide bonds. The summed E-state index contributed by atoms with van der Waals surface area (Å²) in [7, 11) is 0. The van der Waals surface area contributed by atoms with Gasteiger partial charge in [0.05, 0.1) is 17.3 Å². The van der Waals surface area contributed by atoms with E-state index in [1.54, 1.807) is 0 Å². The van der Waals surface area contributed by atoms with Crippen molar-refractivity contribution in [3.05, 3.63) is 40.2 Å². The van der Waals surface area contributed by atoms with Crippen LogP contribution in [-0.4, -0.2) is 20.9 Å². The Morgan fingerprint density at radius 1 is 1.38 bits per heavy atom. The van der Waals surface area contributed by atoms with E-state index in [1.807, 2.05) is 32.9 Å². The normalized spacial score (nSPS) is 13.6. The number of benzene rings is 1. The van der Waals surface area contributed by atoms with Crippen molar-refractivity contribution in [1.29, 1.82) is 5.26 Å². The van der Waals surface area contributed by atoms with E-state index in [0.29, 0.717) is 28.7 Å². The van der Waals surface area contributed by atoms with Gasteiger partial charge in [0.1, 0.15) is 18.0 Å². The number of aliphatic carboxylic acids is 1. The summed E-state index contributed by atoms with van der Waals surface area (Å²) in [4.78, 5) is 11.1. The Hall–Kier alpha value is -2.81. The molecule has 0 atom stereocenters. The van der Waals surface area contributed by atoms with Crippen molar-refractivity contribution in [3.63, 3.8) is 0 Å². The van der Waals surface area contributed by atoms with Gasteiger partial charge in [-0.25, -0.2) is 0 Å². The summed E-state index contributed by atoms with van der Waals surface area (Å²) >= 11 is 0. The van der Waals surface area contributed by atoms with Crippen LogP contribution in [-0.2, 0) is 11.3 Å². The number of carboxylic acid groups (broad SMARTS) is 1. The molecule has 6 heteroatoms. The van der Waals surface area contributed by atoms with Gasteiger partial charge in [0, 0.05) is 5.92 Å². The molecule has 0 spiro atoms. The minimum absolute atomic E-state index is 0.165. The smallest absolute Gasteiger partial charge is 0.325 e. The highest BCUT2D eigenvalue weighted by atomic mass is 16.5. The van der Waals surface area contributed by atoms with E-state index in [9.17, 15) is 10.1 Å². The number of carboxylic acids is 1. The average molecular weight is 325 g/mol. The summed E-state index contributed by atoms with van der Waals surface area (Å²) in [6.45, 7) is 5.41. The Kier molecular flexibility index (Phi) is 4.02. The van der Waals surface area contributed by atoms with Crippen molar-refractivity contribution < 1.29 is 14.6 Å². The third-order valence-electron chi connectivity index (χ3n) is 4.20. The predicted molar refractivity (Wildman–Crippen MR) is 87.3 cm³/mol. The highest BCUT2D eigenvalue weighted by Crippen LogP contribution is 2.46. The van der Waals surface area contributed by atoms with Crippen LogP contribution >= 0.6 is 0 Å². The first-order valence-corrected chi connectivity index (χ1v) is 7.89. The molecule has 1 fully saturated rings. The number of hydrogen-bond donors (Lipinski definition) is 1. The number of hydrogen-bond acceptors (Lipinski definition) is 4. The van der Waals surface area contributed by atoms with Crippen molar-refractivity contribution in [2.75, 3.05) is 0 Å². The number of carbonyl (C=O) groups is 1. The topological polar surface area (TPSA) is 88.1 Å². The number of aryl methyl sites for hydroxylation is 3. The molecule has 6 nitrogen and oxygen atoms in total. The van der Waals surface area contributed by atoms with E-state index >= 15 is 0 Å². The van der Waals surface area contributed by atoms with Crippen LogP contribution in [0.2, 0.25) is 0 Å². The number of nitriles is 1. The van der Waals surface area contributed by atoms with Gasteiger partial charge in [-0.2, -0.15) is 10.4 Å². The molecule has 0 saturated heterocycles. The predicted octanol–water partition coefficient (Wildman–Crippen LogP) is 3.43.